The topological polar surface area (TPSA) is 18.5 Å². The summed E-state index contributed by atoms with van der Waals surface area (Å²) in [5, 5.41) is 0. The number of halogens is 1. The van der Waals surface area contributed by atoms with Crippen LogP contribution in [0.15, 0.2) is 28.7 Å². The SMILES string of the molecule is CCOC(C)(OCC)c1ccccc1Br. The molecule has 0 saturated heterocycles. The molecule has 0 saturated carbocycles. The van der Waals surface area contributed by atoms with Crippen molar-refractivity contribution in [3.8, 4) is 0 Å². The van der Waals surface area contributed by atoms with Crippen molar-refractivity contribution in [1.29, 1.82) is 0 Å². The van der Waals surface area contributed by atoms with E-state index in [0.29, 0.717) is 13.2 Å². The third kappa shape index (κ3) is 3.03. The van der Waals surface area contributed by atoms with Crippen LogP contribution in [-0.2, 0) is 15.3 Å². The van der Waals surface area contributed by atoms with Crippen molar-refractivity contribution < 1.29 is 9.47 Å². The van der Waals surface area contributed by atoms with Crippen LogP contribution in [0.3, 0.4) is 0 Å². The summed E-state index contributed by atoms with van der Waals surface area (Å²) in [5.41, 5.74) is 1.02. The Morgan fingerprint density at radius 2 is 1.67 bits per heavy atom. The molecule has 0 N–H and O–H groups in total. The standard InChI is InChI=1S/C12H17BrO2/c1-4-14-12(3,15-5-2)10-8-6-7-9-11(10)13/h6-9H,4-5H2,1-3H3. The Labute approximate surface area is 99.7 Å². The molecule has 1 aromatic carbocycles. The van der Waals surface area contributed by atoms with Crippen LogP contribution in [0.2, 0.25) is 0 Å². The second-order valence-electron chi connectivity index (χ2n) is 3.29. The summed E-state index contributed by atoms with van der Waals surface area (Å²) in [6.45, 7) is 7.12. The Hall–Kier alpha value is -0.380. The van der Waals surface area contributed by atoms with Crippen LogP contribution in [0.4, 0.5) is 0 Å². The molecule has 1 aromatic rings. The van der Waals surface area contributed by atoms with Crippen LogP contribution in [-0.4, -0.2) is 13.2 Å². The third-order valence-electron chi connectivity index (χ3n) is 2.20. The monoisotopic (exact) mass is 272 g/mol. The maximum atomic E-state index is 5.68. The van der Waals surface area contributed by atoms with Gasteiger partial charge in [0.25, 0.3) is 0 Å². The number of hydrogen-bond acceptors (Lipinski definition) is 2. The average molecular weight is 273 g/mol. The van der Waals surface area contributed by atoms with Gasteiger partial charge in [0.1, 0.15) is 0 Å². The molecular formula is C12H17BrO2. The predicted octanol–water partition coefficient (Wildman–Crippen LogP) is 3.69. The fourth-order valence-corrected chi connectivity index (χ4v) is 2.22. The third-order valence-corrected chi connectivity index (χ3v) is 2.89. The minimum atomic E-state index is -0.663. The Bertz CT molecular complexity index is 306. The van der Waals surface area contributed by atoms with Gasteiger partial charge in [-0.3, -0.25) is 0 Å². The summed E-state index contributed by atoms with van der Waals surface area (Å²) in [4.78, 5) is 0. The van der Waals surface area contributed by atoms with Crippen molar-refractivity contribution >= 4 is 15.9 Å². The normalized spacial score (nSPS) is 11.7. The van der Waals surface area contributed by atoms with Crippen LogP contribution in [0.25, 0.3) is 0 Å². The van der Waals surface area contributed by atoms with Gasteiger partial charge in [0, 0.05) is 23.2 Å². The highest BCUT2D eigenvalue weighted by atomic mass is 79.9. The zero-order valence-electron chi connectivity index (χ0n) is 9.42. The van der Waals surface area contributed by atoms with E-state index < -0.39 is 5.79 Å². The predicted molar refractivity (Wildman–Crippen MR) is 64.7 cm³/mol. The molecule has 0 aromatic heterocycles. The lowest BCUT2D eigenvalue weighted by atomic mass is 10.1. The summed E-state index contributed by atoms with van der Waals surface area (Å²) in [6, 6.07) is 7.96. The fraction of sp³-hybridized carbons (Fsp3) is 0.500. The number of benzene rings is 1. The molecule has 0 aliphatic carbocycles. The molecule has 0 spiro atoms. The van der Waals surface area contributed by atoms with E-state index in [1.165, 1.54) is 0 Å². The average Bonchev–Trinajstić information content (AvgIpc) is 2.19. The second-order valence-corrected chi connectivity index (χ2v) is 4.15. The molecule has 0 radical (unpaired) electrons. The van der Waals surface area contributed by atoms with Gasteiger partial charge in [0.15, 0.2) is 5.79 Å². The van der Waals surface area contributed by atoms with E-state index in [1.54, 1.807) is 0 Å². The summed E-state index contributed by atoms with van der Waals surface area (Å²) in [5.74, 6) is -0.663. The van der Waals surface area contributed by atoms with Crippen LogP contribution in [0.1, 0.15) is 26.3 Å². The van der Waals surface area contributed by atoms with E-state index in [9.17, 15) is 0 Å². The Balaban J connectivity index is 3.03. The molecule has 3 heteroatoms. The van der Waals surface area contributed by atoms with Crippen LogP contribution in [0.5, 0.6) is 0 Å². The van der Waals surface area contributed by atoms with Gasteiger partial charge in [-0.05, 0) is 26.8 Å². The lowest BCUT2D eigenvalue weighted by Crippen LogP contribution is -2.30. The fourth-order valence-electron chi connectivity index (χ4n) is 1.58. The summed E-state index contributed by atoms with van der Waals surface area (Å²) >= 11 is 3.51. The van der Waals surface area contributed by atoms with Crippen LogP contribution in [0, 0.1) is 0 Å². The highest BCUT2D eigenvalue weighted by Gasteiger charge is 2.29. The Kier molecular flexibility index (Phi) is 4.77. The highest BCUT2D eigenvalue weighted by molar-refractivity contribution is 9.10. The van der Waals surface area contributed by atoms with Gasteiger partial charge in [-0.1, -0.05) is 34.1 Å². The first kappa shape index (κ1) is 12.7. The maximum Gasteiger partial charge on any atom is 0.192 e. The first-order chi connectivity index (χ1) is 7.14. The Morgan fingerprint density at radius 3 is 2.13 bits per heavy atom. The molecule has 0 unspecified atom stereocenters. The first-order valence-corrected chi connectivity index (χ1v) is 5.96. The van der Waals surface area contributed by atoms with Crippen molar-refractivity contribution in [2.24, 2.45) is 0 Å². The molecule has 0 aliphatic heterocycles. The zero-order chi connectivity index (χ0) is 11.3. The molecule has 0 bridgehead atoms. The van der Waals surface area contributed by atoms with E-state index in [0.717, 1.165) is 10.0 Å². The molecule has 1 rings (SSSR count). The highest BCUT2D eigenvalue weighted by Crippen LogP contribution is 2.32. The Morgan fingerprint density at radius 1 is 1.13 bits per heavy atom. The lowest BCUT2D eigenvalue weighted by molar-refractivity contribution is -0.230. The van der Waals surface area contributed by atoms with Gasteiger partial charge < -0.3 is 9.47 Å². The van der Waals surface area contributed by atoms with E-state index >= 15 is 0 Å². The van der Waals surface area contributed by atoms with Gasteiger partial charge in [-0.2, -0.15) is 0 Å². The summed E-state index contributed by atoms with van der Waals surface area (Å²) in [6.07, 6.45) is 0. The maximum absolute atomic E-state index is 5.68. The van der Waals surface area contributed by atoms with Crippen molar-refractivity contribution in [1.82, 2.24) is 0 Å². The van der Waals surface area contributed by atoms with E-state index in [2.05, 4.69) is 15.9 Å². The van der Waals surface area contributed by atoms with Crippen molar-refractivity contribution in [3.05, 3.63) is 34.3 Å². The first-order valence-electron chi connectivity index (χ1n) is 5.17. The number of ether oxygens (including phenoxy) is 2. The molecule has 2 nitrogen and oxygen atoms in total. The van der Waals surface area contributed by atoms with Gasteiger partial charge in [0.05, 0.1) is 0 Å². The van der Waals surface area contributed by atoms with Gasteiger partial charge in [0.2, 0.25) is 0 Å². The summed E-state index contributed by atoms with van der Waals surface area (Å²) in [7, 11) is 0. The smallest absolute Gasteiger partial charge is 0.192 e. The quantitative estimate of drug-likeness (QED) is 0.762. The molecule has 0 fully saturated rings. The molecule has 84 valence electrons. The van der Waals surface area contributed by atoms with E-state index in [-0.39, 0.29) is 0 Å². The molecular weight excluding hydrogens is 256 g/mol. The van der Waals surface area contributed by atoms with Crippen molar-refractivity contribution in [3.63, 3.8) is 0 Å². The largest absolute Gasteiger partial charge is 0.346 e. The molecule has 0 aliphatic rings. The minimum absolute atomic E-state index is 0.623. The van der Waals surface area contributed by atoms with Gasteiger partial charge in [-0.25, -0.2) is 0 Å². The lowest BCUT2D eigenvalue weighted by Gasteiger charge is -2.30. The second kappa shape index (κ2) is 5.64. The molecule has 0 amide bonds. The van der Waals surface area contributed by atoms with Crippen molar-refractivity contribution in [2.75, 3.05) is 13.2 Å². The number of rotatable bonds is 5. The minimum Gasteiger partial charge on any atom is -0.346 e. The van der Waals surface area contributed by atoms with E-state index in [1.807, 2.05) is 45.0 Å². The van der Waals surface area contributed by atoms with Crippen LogP contribution >= 0.6 is 15.9 Å². The zero-order valence-corrected chi connectivity index (χ0v) is 11.0. The molecule has 0 heterocycles. The van der Waals surface area contributed by atoms with E-state index in [4.69, 9.17) is 9.47 Å². The van der Waals surface area contributed by atoms with Crippen molar-refractivity contribution in [2.45, 2.75) is 26.6 Å². The van der Waals surface area contributed by atoms with Gasteiger partial charge >= 0.3 is 0 Å². The molecule has 0 atom stereocenters. The van der Waals surface area contributed by atoms with Crippen LogP contribution < -0.4 is 0 Å². The summed E-state index contributed by atoms with van der Waals surface area (Å²) < 4.78 is 12.4. The molecule has 15 heavy (non-hydrogen) atoms. The number of hydrogen-bond donors (Lipinski definition) is 0. The van der Waals surface area contributed by atoms with Gasteiger partial charge in [-0.15, -0.1) is 0 Å².